The van der Waals surface area contributed by atoms with Gasteiger partial charge in [-0.2, -0.15) is 48.3 Å². The molecule has 0 aliphatic rings. The van der Waals surface area contributed by atoms with Gasteiger partial charge in [0.2, 0.25) is 0 Å². The van der Waals surface area contributed by atoms with Crippen LogP contribution in [0.15, 0.2) is 0 Å². The van der Waals surface area contributed by atoms with Crippen LogP contribution in [0.4, 0.5) is 52.7 Å². The molecular weight excluding hydrogens is 364 g/mol. The summed E-state index contributed by atoms with van der Waals surface area (Å²) >= 11 is 0. The molecule has 1 atom stereocenters. The van der Waals surface area contributed by atoms with E-state index in [-0.39, 0.29) is 12.8 Å². The van der Waals surface area contributed by atoms with E-state index in [1.165, 1.54) is 0 Å². The molecule has 0 saturated carbocycles. The van der Waals surface area contributed by atoms with Gasteiger partial charge in [-0.05, 0) is 6.42 Å². The Morgan fingerprint density at radius 3 is 1.57 bits per heavy atom. The molecule has 0 N–H and O–H groups in total. The summed E-state index contributed by atoms with van der Waals surface area (Å²) in [5.74, 6) is -22.0. The summed E-state index contributed by atoms with van der Waals surface area (Å²) in [6.07, 6.45) is -18.9. The summed E-state index contributed by atoms with van der Waals surface area (Å²) in [6, 6.07) is 0. The van der Waals surface area contributed by atoms with Crippen molar-refractivity contribution in [3.8, 4) is 0 Å². The molecule has 0 heterocycles. The average molecular weight is 373 g/mol. The maximum atomic E-state index is 13.0. The van der Waals surface area contributed by atoms with Crippen molar-refractivity contribution in [1.82, 2.24) is 0 Å². The second kappa shape index (κ2) is 6.55. The Morgan fingerprint density at radius 2 is 1.22 bits per heavy atom. The van der Waals surface area contributed by atoms with E-state index >= 15 is 0 Å². The van der Waals surface area contributed by atoms with E-state index in [0.717, 1.165) is 0 Å². The monoisotopic (exact) mass is 373 g/mol. The van der Waals surface area contributed by atoms with Crippen LogP contribution in [0.3, 0.4) is 0 Å². The summed E-state index contributed by atoms with van der Waals surface area (Å²) in [6.45, 7) is 1.91. The third kappa shape index (κ3) is 3.97. The van der Waals surface area contributed by atoms with Gasteiger partial charge in [0, 0.05) is 0 Å². The second-order valence-electron chi connectivity index (χ2n) is 4.25. The lowest BCUT2D eigenvalue weighted by molar-refractivity contribution is -0.421. The number of hydrogen-bond acceptors (Lipinski definition) is 1. The molecular formula is C10H9F12O. The molecule has 0 fully saturated rings. The number of ether oxygens (including phenoxy) is 1. The maximum absolute atomic E-state index is 13.0. The van der Waals surface area contributed by atoms with Crippen LogP contribution in [-0.2, 0) is 4.74 Å². The Hall–Kier alpha value is -0.880. The SMILES string of the molecule is [CH2]CCCOC(F)(F)C(F)C(F)(F)C(F)(F)C(F)(F)C(F)(F)F. The fraction of sp³-hybridized carbons (Fsp3) is 0.900. The molecule has 0 rings (SSSR count). The van der Waals surface area contributed by atoms with Crippen molar-refractivity contribution in [1.29, 1.82) is 0 Å². The highest BCUT2D eigenvalue weighted by Gasteiger charge is 2.85. The molecule has 0 saturated heterocycles. The molecule has 1 nitrogen and oxygen atoms in total. The molecule has 0 aliphatic heterocycles. The van der Waals surface area contributed by atoms with Crippen molar-refractivity contribution >= 4 is 0 Å². The number of hydrogen-bond donors (Lipinski definition) is 0. The van der Waals surface area contributed by atoms with Crippen LogP contribution >= 0.6 is 0 Å². The molecule has 1 unspecified atom stereocenters. The molecule has 0 aromatic rings. The van der Waals surface area contributed by atoms with Gasteiger partial charge in [-0.25, -0.2) is 4.39 Å². The summed E-state index contributed by atoms with van der Waals surface area (Å²) < 4.78 is 154. The first kappa shape index (κ1) is 22.1. The largest absolute Gasteiger partial charge is 0.460 e. The van der Waals surface area contributed by atoms with Crippen LogP contribution < -0.4 is 0 Å². The fourth-order valence-corrected chi connectivity index (χ4v) is 1.14. The predicted molar refractivity (Wildman–Crippen MR) is 51.3 cm³/mol. The molecule has 0 aliphatic carbocycles. The third-order valence-electron chi connectivity index (χ3n) is 2.47. The van der Waals surface area contributed by atoms with Gasteiger partial charge < -0.3 is 4.74 Å². The highest BCUT2D eigenvalue weighted by atomic mass is 19.4. The Bertz CT molecular complexity index is 388. The van der Waals surface area contributed by atoms with Crippen molar-refractivity contribution in [3.63, 3.8) is 0 Å². The van der Waals surface area contributed by atoms with Crippen LogP contribution in [0.5, 0.6) is 0 Å². The maximum Gasteiger partial charge on any atom is 0.460 e. The van der Waals surface area contributed by atoms with Gasteiger partial charge in [0.25, 0.3) is 6.17 Å². The first-order valence-electron chi connectivity index (χ1n) is 5.62. The van der Waals surface area contributed by atoms with Crippen LogP contribution in [-0.4, -0.2) is 42.8 Å². The molecule has 23 heavy (non-hydrogen) atoms. The molecule has 0 aromatic heterocycles. The highest BCUT2D eigenvalue weighted by molar-refractivity contribution is 5.05. The first-order valence-corrected chi connectivity index (χ1v) is 5.62. The van der Waals surface area contributed by atoms with Crippen molar-refractivity contribution in [2.75, 3.05) is 6.61 Å². The van der Waals surface area contributed by atoms with Gasteiger partial charge in [-0.1, -0.05) is 13.3 Å². The zero-order valence-electron chi connectivity index (χ0n) is 10.8. The second-order valence-corrected chi connectivity index (χ2v) is 4.25. The molecule has 1 radical (unpaired) electrons. The van der Waals surface area contributed by atoms with E-state index in [9.17, 15) is 52.7 Å². The minimum Gasteiger partial charge on any atom is -0.318 e. The van der Waals surface area contributed by atoms with Gasteiger partial charge in [0.05, 0.1) is 6.61 Å². The van der Waals surface area contributed by atoms with Gasteiger partial charge in [-0.3, -0.25) is 0 Å². The van der Waals surface area contributed by atoms with Crippen LogP contribution in [0.1, 0.15) is 12.8 Å². The van der Waals surface area contributed by atoms with E-state index in [1.54, 1.807) is 0 Å². The van der Waals surface area contributed by atoms with Gasteiger partial charge in [0.15, 0.2) is 0 Å². The van der Waals surface area contributed by atoms with E-state index in [0.29, 0.717) is 0 Å². The van der Waals surface area contributed by atoms with Crippen LogP contribution in [0.2, 0.25) is 0 Å². The van der Waals surface area contributed by atoms with E-state index in [2.05, 4.69) is 11.7 Å². The summed E-state index contributed by atoms with van der Waals surface area (Å²) in [4.78, 5) is 0. The van der Waals surface area contributed by atoms with Crippen LogP contribution in [0.25, 0.3) is 0 Å². The molecule has 0 bridgehead atoms. The highest BCUT2D eigenvalue weighted by Crippen LogP contribution is 2.56. The normalized spacial score (nSPS) is 16.6. The lowest BCUT2D eigenvalue weighted by atomic mass is 9.99. The van der Waals surface area contributed by atoms with Crippen molar-refractivity contribution in [3.05, 3.63) is 6.92 Å². The lowest BCUT2D eigenvalue weighted by Crippen LogP contribution is -2.66. The molecule has 13 heteroatoms. The summed E-state index contributed by atoms with van der Waals surface area (Å²) in [5.41, 5.74) is 0. The Morgan fingerprint density at radius 1 is 0.783 bits per heavy atom. The van der Waals surface area contributed by atoms with Gasteiger partial charge in [0.1, 0.15) is 0 Å². The van der Waals surface area contributed by atoms with Crippen LogP contribution in [0, 0.1) is 6.92 Å². The number of rotatable bonds is 8. The van der Waals surface area contributed by atoms with E-state index in [4.69, 9.17) is 0 Å². The molecule has 0 spiro atoms. The lowest BCUT2D eigenvalue weighted by Gasteiger charge is -2.36. The van der Waals surface area contributed by atoms with Crippen molar-refractivity contribution in [2.45, 2.75) is 49.1 Å². The topological polar surface area (TPSA) is 9.23 Å². The predicted octanol–water partition coefficient (Wildman–Crippen LogP) is 5.02. The fourth-order valence-electron chi connectivity index (χ4n) is 1.14. The van der Waals surface area contributed by atoms with Crippen molar-refractivity contribution < 1.29 is 57.4 Å². The Kier molecular flexibility index (Phi) is 6.30. The Labute approximate surface area is 121 Å². The zero-order chi connectivity index (χ0) is 18.9. The molecule has 0 amide bonds. The summed E-state index contributed by atoms with van der Waals surface area (Å²) in [5, 5.41) is 0. The Balaban J connectivity index is 5.59. The van der Waals surface area contributed by atoms with E-state index < -0.39 is 42.8 Å². The number of halogens is 12. The molecule has 139 valence electrons. The number of unbranched alkanes of at least 4 members (excludes halogenated alkanes) is 1. The van der Waals surface area contributed by atoms with Gasteiger partial charge >= 0.3 is 30.1 Å². The standard InChI is InChI=1S/C10H9F12O/c1-2-3-4-23-7(14,15)5(11)6(12,13)8(16,17)9(18,19)10(20,21)22/h5H,1-4H2. The van der Waals surface area contributed by atoms with E-state index in [1.807, 2.05) is 0 Å². The van der Waals surface area contributed by atoms with Gasteiger partial charge in [-0.15, -0.1) is 0 Å². The quantitative estimate of drug-likeness (QED) is 0.429. The zero-order valence-corrected chi connectivity index (χ0v) is 10.8. The smallest absolute Gasteiger partial charge is 0.318 e. The third-order valence-corrected chi connectivity index (χ3v) is 2.47. The first-order chi connectivity index (χ1) is 9.97. The summed E-state index contributed by atoms with van der Waals surface area (Å²) in [7, 11) is 0. The van der Waals surface area contributed by atoms with Crippen molar-refractivity contribution in [2.24, 2.45) is 0 Å². The average Bonchev–Trinajstić information content (AvgIpc) is 2.36. The number of alkyl halides is 12. The minimum absolute atomic E-state index is 0.119. The minimum atomic E-state index is -7.49. The molecule has 0 aromatic carbocycles.